The molecule has 1 fully saturated rings. The van der Waals surface area contributed by atoms with Crippen molar-refractivity contribution in [2.24, 2.45) is 0 Å². The summed E-state index contributed by atoms with van der Waals surface area (Å²) in [5.41, 5.74) is 0.691. The molecule has 4 nitrogen and oxygen atoms in total. The number of rotatable bonds is 3. The molecule has 7 heteroatoms. The van der Waals surface area contributed by atoms with Crippen LogP contribution < -0.4 is 0 Å². The average Bonchev–Trinajstić information content (AvgIpc) is 3.01. The zero-order valence-electron chi connectivity index (χ0n) is 11.6. The fourth-order valence-electron chi connectivity index (χ4n) is 2.70. The Morgan fingerprint density at radius 1 is 1.27 bits per heavy atom. The summed E-state index contributed by atoms with van der Waals surface area (Å²) in [5, 5.41) is 0.0214. The molecule has 1 aromatic heterocycles. The van der Waals surface area contributed by atoms with Crippen LogP contribution in [-0.2, 0) is 10.0 Å². The van der Waals surface area contributed by atoms with Crippen LogP contribution in [0.5, 0.6) is 0 Å². The third-order valence-corrected chi connectivity index (χ3v) is 6.10. The van der Waals surface area contributed by atoms with E-state index in [0.29, 0.717) is 18.7 Å². The number of nitrogens with zero attached hydrogens (tertiary/aromatic N) is 2. The molecule has 1 atom stereocenters. The molecule has 0 unspecified atom stereocenters. The molecule has 1 aliphatic rings. The molecule has 1 aromatic carbocycles. The van der Waals surface area contributed by atoms with Crippen LogP contribution in [0.3, 0.4) is 0 Å². The van der Waals surface area contributed by atoms with Gasteiger partial charge in [-0.05, 0) is 43.2 Å². The van der Waals surface area contributed by atoms with Crippen LogP contribution in [-0.4, -0.2) is 24.3 Å². The number of benzene rings is 1. The van der Waals surface area contributed by atoms with Gasteiger partial charge in [0.1, 0.15) is 10.7 Å². The number of pyridine rings is 1. The van der Waals surface area contributed by atoms with Gasteiger partial charge in [0, 0.05) is 12.7 Å². The zero-order valence-corrected chi connectivity index (χ0v) is 13.2. The quantitative estimate of drug-likeness (QED) is 0.860. The highest BCUT2D eigenvalue weighted by molar-refractivity contribution is 7.89. The minimum absolute atomic E-state index is 0.0214. The highest BCUT2D eigenvalue weighted by Gasteiger charge is 2.37. The van der Waals surface area contributed by atoms with Crippen LogP contribution in [0, 0.1) is 5.82 Å². The minimum Gasteiger partial charge on any atom is -0.260 e. The molecular weight excluding hydrogens is 327 g/mol. The predicted octanol–water partition coefficient (Wildman–Crippen LogP) is 3.40. The molecule has 0 spiro atoms. The molecule has 0 bridgehead atoms. The van der Waals surface area contributed by atoms with E-state index < -0.39 is 15.8 Å². The van der Waals surface area contributed by atoms with Crippen molar-refractivity contribution in [2.75, 3.05) is 6.54 Å². The summed E-state index contributed by atoms with van der Waals surface area (Å²) in [7, 11) is -3.87. The van der Waals surface area contributed by atoms with Crippen molar-refractivity contribution >= 4 is 21.6 Å². The first kappa shape index (κ1) is 15.4. The largest absolute Gasteiger partial charge is 0.260 e. The van der Waals surface area contributed by atoms with Crippen molar-refractivity contribution < 1.29 is 12.8 Å². The van der Waals surface area contributed by atoms with E-state index >= 15 is 0 Å². The molecule has 0 amide bonds. The maximum absolute atomic E-state index is 13.4. The fourth-order valence-corrected chi connectivity index (χ4v) is 4.85. The van der Waals surface area contributed by atoms with Gasteiger partial charge in [-0.1, -0.05) is 17.7 Å². The molecule has 1 aliphatic heterocycles. The van der Waals surface area contributed by atoms with Crippen molar-refractivity contribution in [2.45, 2.75) is 23.8 Å². The van der Waals surface area contributed by atoms with Crippen molar-refractivity contribution in [3.63, 3.8) is 0 Å². The molecule has 0 N–H and O–H groups in total. The normalized spacial score (nSPS) is 19.5. The van der Waals surface area contributed by atoms with Crippen LogP contribution in [0.2, 0.25) is 5.02 Å². The molecule has 0 saturated carbocycles. The number of sulfonamides is 1. The van der Waals surface area contributed by atoms with Gasteiger partial charge < -0.3 is 0 Å². The van der Waals surface area contributed by atoms with Gasteiger partial charge in [0.2, 0.25) is 10.0 Å². The van der Waals surface area contributed by atoms with Crippen LogP contribution in [0.25, 0.3) is 0 Å². The van der Waals surface area contributed by atoms with Gasteiger partial charge in [-0.25, -0.2) is 12.8 Å². The zero-order chi connectivity index (χ0) is 15.7. The third-order valence-electron chi connectivity index (χ3n) is 3.71. The van der Waals surface area contributed by atoms with Gasteiger partial charge in [-0.15, -0.1) is 0 Å². The second-order valence-corrected chi connectivity index (χ2v) is 7.37. The van der Waals surface area contributed by atoms with Crippen LogP contribution in [0.4, 0.5) is 4.39 Å². The lowest BCUT2D eigenvalue weighted by Gasteiger charge is -2.24. The van der Waals surface area contributed by atoms with E-state index in [1.807, 2.05) is 6.07 Å². The summed E-state index contributed by atoms with van der Waals surface area (Å²) in [4.78, 5) is 4.05. The summed E-state index contributed by atoms with van der Waals surface area (Å²) in [6, 6.07) is 8.42. The smallest absolute Gasteiger partial charge is 0.245 e. The number of hydrogen-bond acceptors (Lipinski definition) is 3. The fraction of sp³-hybridized carbons (Fsp3) is 0.267. The number of hydrogen-bond donors (Lipinski definition) is 0. The van der Waals surface area contributed by atoms with Crippen molar-refractivity contribution in [1.82, 2.24) is 9.29 Å². The Morgan fingerprint density at radius 2 is 2.09 bits per heavy atom. The highest BCUT2D eigenvalue weighted by atomic mass is 35.5. The lowest BCUT2D eigenvalue weighted by molar-refractivity contribution is 0.390. The first-order valence-corrected chi connectivity index (χ1v) is 8.70. The van der Waals surface area contributed by atoms with E-state index in [4.69, 9.17) is 11.6 Å². The second kappa shape index (κ2) is 5.95. The SMILES string of the molecule is O=S(=O)(c1cc(F)ccc1Cl)N1CCC[C@@H]1c1ccccn1. The lowest BCUT2D eigenvalue weighted by atomic mass is 10.1. The maximum Gasteiger partial charge on any atom is 0.245 e. The van der Waals surface area contributed by atoms with E-state index in [1.165, 1.54) is 10.4 Å². The molecule has 116 valence electrons. The van der Waals surface area contributed by atoms with Crippen molar-refractivity contribution in [3.05, 3.63) is 59.1 Å². The molecule has 0 aliphatic carbocycles. The van der Waals surface area contributed by atoms with E-state index in [1.54, 1.807) is 18.3 Å². The number of aromatic nitrogens is 1. The summed E-state index contributed by atoms with van der Waals surface area (Å²) in [5.74, 6) is -0.628. The predicted molar refractivity (Wildman–Crippen MR) is 81.5 cm³/mol. The van der Waals surface area contributed by atoms with Gasteiger partial charge >= 0.3 is 0 Å². The number of halogens is 2. The average molecular weight is 341 g/mol. The Bertz CT molecular complexity index is 783. The summed E-state index contributed by atoms with van der Waals surface area (Å²) < 4.78 is 40.5. The van der Waals surface area contributed by atoms with Gasteiger partial charge in [-0.2, -0.15) is 4.31 Å². The summed E-state index contributed by atoms with van der Waals surface area (Å²) in [6.45, 7) is 0.371. The molecule has 2 heterocycles. The van der Waals surface area contributed by atoms with Crippen molar-refractivity contribution in [3.8, 4) is 0 Å². The first-order chi connectivity index (χ1) is 10.5. The Kier molecular flexibility index (Phi) is 4.16. The third kappa shape index (κ3) is 2.74. The Morgan fingerprint density at radius 3 is 2.82 bits per heavy atom. The summed E-state index contributed by atoms with van der Waals surface area (Å²) >= 11 is 5.96. The van der Waals surface area contributed by atoms with Crippen LogP contribution >= 0.6 is 11.6 Å². The highest BCUT2D eigenvalue weighted by Crippen LogP contribution is 2.37. The lowest BCUT2D eigenvalue weighted by Crippen LogP contribution is -2.31. The first-order valence-electron chi connectivity index (χ1n) is 6.88. The Balaban J connectivity index is 2.03. The van der Waals surface area contributed by atoms with E-state index in [0.717, 1.165) is 18.6 Å². The molecule has 0 radical (unpaired) electrons. The Labute approximate surface area is 133 Å². The molecule has 22 heavy (non-hydrogen) atoms. The maximum atomic E-state index is 13.4. The van der Waals surface area contributed by atoms with E-state index in [2.05, 4.69) is 4.98 Å². The van der Waals surface area contributed by atoms with Crippen LogP contribution in [0.15, 0.2) is 47.5 Å². The minimum atomic E-state index is -3.87. The van der Waals surface area contributed by atoms with Gasteiger partial charge in [0.15, 0.2) is 0 Å². The van der Waals surface area contributed by atoms with E-state index in [-0.39, 0.29) is 16.0 Å². The Hall–Kier alpha value is -1.50. The second-order valence-electron chi connectivity index (χ2n) is 5.10. The molecule has 3 rings (SSSR count). The van der Waals surface area contributed by atoms with Crippen LogP contribution in [0.1, 0.15) is 24.6 Å². The van der Waals surface area contributed by atoms with Gasteiger partial charge in [-0.3, -0.25) is 4.98 Å². The van der Waals surface area contributed by atoms with Gasteiger partial charge in [0.05, 0.1) is 16.8 Å². The molecular formula is C15H14ClFN2O2S. The summed E-state index contributed by atoms with van der Waals surface area (Å²) in [6.07, 6.45) is 3.05. The standard InChI is InChI=1S/C15H14ClFN2O2S/c16-12-7-6-11(17)10-15(12)22(20,21)19-9-3-5-14(19)13-4-1-2-8-18-13/h1-2,4,6-8,10,14H,3,5,9H2/t14-/m1/s1. The monoisotopic (exact) mass is 340 g/mol. The molecule has 1 saturated heterocycles. The van der Waals surface area contributed by atoms with Gasteiger partial charge in [0.25, 0.3) is 0 Å². The van der Waals surface area contributed by atoms with E-state index in [9.17, 15) is 12.8 Å². The topological polar surface area (TPSA) is 50.3 Å². The van der Waals surface area contributed by atoms with Crippen molar-refractivity contribution in [1.29, 1.82) is 0 Å². The molecule has 2 aromatic rings.